The molecule has 192 valence electrons. The zero-order valence-electron chi connectivity index (χ0n) is 22.4. The van der Waals surface area contributed by atoms with Crippen molar-refractivity contribution in [1.82, 2.24) is 0 Å². The van der Waals surface area contributed by atoms with Gasteiger partial charge in [-0.25, -0.2) is 0 Å². The molecule has 6 rings (SSSR count). The van der Waals surface area contributed by atoms with Crippen LogP contribution in [0.2, 0.25) is 0 Å². The molecule has 0 spiro atoms. The summed E-state index contributed by atoms with van der Waals surface area (Å²) in [5, 5.41) is 0. The van der Waals surface area contributed by atoms with Crippen LogP contribution < -0.4 is 0 Å². The molecule has 4 aromatic carbocycles. The van der Waals surface area contributed by atoms with Crippen molar-refractivity contribution >= 4 is 40.2 Å². The second-order valence-electron chi connectivity index (χ2n) is 10.4. The number of aryl methyl sites for hydroxylation is 2. The Morgan fingerprint density at radius 1 is 0.526 bits per heavy atom. The van der Waals surface area contributed by atoms with Gasteiger partial charge in [0.25, 0.3) is 0 Å². The van der Waals surface area contributed by atoms with E-state index in [9.17, 15) is 0 Å². The van der Waals surface area contributed by atoms with Gasteiger partial charge in [-0.05, 0) is 0 Å². The van der Waals surface area contributed by atoms with Crippen LogP contribution in [0.25, 0.3) is 34.4 Å². The Bertz CT molecular complexity index is 1470. The molecular formula is C35H34Cl2Hf. The van der Waals surface area contributed by atoms with Gasteiger partial charge in [0.1, 0.15) is 0 Å². The summed E-state index contributed by atoms with van der Waals surface area (Å²) >= 11 is -2.36. The summed E-state index contributed by atoms with van der Waals surface area (Å²) in [6.45, 7) is 9.28. The van der Waals surface area contributed by atoms with Crippen LogP contribution in [0.3, 0.4) is 0 Å². The fraction of sp³-hybridized carbons (Fsp3) is 0.171. The summed E-state index contributed by atoms with van der Waals surface area (Å²) in [6, 6.07) is 31.6. The summed E-state index contributed by atoms with van der Waals surface area (Å²) in [7, 11) is 0. The Kier molecular flexibility index (Phi) is 8.92. The maximum Gasteiger partial charge on any atom is -0.147 e. The number of rotatable bonds is 4. The van der Waals surface area contributed by atoms with Gasteiger partial charge in [0.15, 0.2) is 0 Å². The van der Waals surface area contributed by atoms with Crippen LogP contribution >= 0.6 is 24.8 Å². The minimum atomic E-state index is -2.36. The van der Waals surface area contributed by atoms with Crippen molar-refractivity contribution in [2.24, 2.45) is 0 Å². The van der Waals surface area contributed by atoms with Crippen LogP contribution in [0.4, 0.5) is 0 Å². The third-order valence-electron chi connectivity index (χ3n) is 7.98. The summed E-state index contributed by atoms with van der Waals surface area (Å²) in [5.41, 5.74) is 14.2. The summed E-state index contributed by atoms with van der Waals surface area (Å²) in [4.78, 5) is 0. The zero-order valence-corrected chi connectivity index (χ0v) is 27.6. The number of hydrogen-bond acceptors (Lipinski definition) is 0. The quantitative estimate of drug-likeness (QED) is 0.186. The SMILES string of the molecule is C[C](C)=[Hf]([CH]1C=Cc2c(-c3ccccc3C)cccc21)[CH]1C=Cc2c(-c3ccccc3C)cccc21.Cl.Cl. The second kappa shape index (κ2) is 11.8. The normalized spacial score (nSPS) is 16.3. The predicted octanol–water partition coefficient (Wildman–Crippen LogP) is 10.1. The fourth-order valence-electron chi connectivity index (χ4n) is 6.25. The van der Waals surface area contributed by atoms with E-state index in [1.54, 1.807) is 14.4 Å². The van der Waals surface area contributed by atoms with Gasteiger partial charge in [-0.3, -0.25) is 0 Å². The molecule has 2 unspecified atom stereocenters. The topological polar surface area (TPSA) is 0 Å². The Hall–Kier alpha value is -2.32. The Morgan fingerprint density at radius 2 is 0.921 bits per heavy atom. The number of fused-ring (bicyclic) bond motifs is 2. The average molecular weight is 704 g/mol. The first kappa shape index (κ1) is 28.7. The van der Waals surface area contributed by atoms with Crippen LogP contribution in [0.1, 0.15) is 54.6 Å². The van der Waals surface area contributed by atoms with Gasteiger partial charge in [-0.1, -0.05) is 0 Å². The molecule has 2 aliphatic carbocycles. The van der Waals surface area contributed by atoms with E-state index >= 15 is 0 Å². The van der Waals surface area contributed by atoms with E-state index in [0.29, 0.717) is 7.35 Å². The molecule has 2 aliphatic rings. The molecule has 0 saturated carbocycles. The molecule has 0 radical (unpaired) electrons. The first-order valence-electron chi connectivity index (χ1n) is 13.0. The van der Waals surface area contributed by atoms with Crippen LogP contribution in [0.5, 0.6) is 0 Å². The summed E-state index contributed by atoms with van der Waals surface area (Å²) in [5.74, 6) is 0. The van der Waals surface area contributed by atoms with E-state index < -0.39 is 21.0 Å². The summed E-state index contributed by atoms with van der Waals surface area (Å²) < 4.78 is 2.87. The van der Waals surface area contributed by atoms with Crippen molar-refractivity contribution < 1.29 is 21.0 Å². The predicted molar refractivity (Wildman–Crippen MR) is 168 cm³/mol. The van der Waals surface area contributed by atoms with Crippen molar-refractivity contribution in [3.05, 3.63) is 130 Å². The molecule has 38 heavy (non-hydrogen) atoms. The Labute approximate surface area is 247 Å². The van der Waals surface area contributed by atoms with Crippen molar-refractivity contribution in [2.75, 3.05) is 0 Å². The molecule has 0 heterocycles. The smallest absolute Gasteiger partial charge is 0.147 e. The third kappa shape index (κ3) is 4.90. The molecule has 0 nitrogen and oxygen atoms in total. The maximum absolute atomic E-state index is 2.55. The third-order valence-corrected chi connectivity index (χ3v) is 20.6. The number of halogens is 2. The van der Waals surface area contributed by atoms with E-state index in [1.807, 2.05) is 0 Å². The zero-order chi connectivity index (χ0) is 24.8. The monoisotopic (exact) mass is 704 g/mol. The van der Waals surface area contributed by atoms with Crippen LogP contribution in [-0.2, 0) is 21.0 Å². The minimum absolute atomic E-state index is 0. The molecule has 0 amide bonds. The van der Waals surface area contributed by atoms with Gasteiger partial charge in [0.05, 0.1) is 0 Å². The van der Waals surface area contributed by atoms with Gasteiger partial charge in [0, 0.05) is 0 Å². The molecule has 0 aromatic heterocycles. The average Bonchev–Trinajstić information content (AvgIpc) is 3.50. The molecular weight excluding hydrogens is 670 g/mol. The first-order valence-corrected chi connectivity index (χ1v) is 18.9. The van der Waals surface area contributed by atoms with Gasteiger partial charge in [0.2, 0.25) is 0 Å². The summed E-state index contributed by atoms with van der Waals surface area (Å²) in [6.07, 6.45) is 9.97. The number of benzene rings is 4. The molecule has 4 aromatic rings. The van der Waals surface area contributed by atoms with Gasteiger partial charge < -0.3 is 0 Å². The van der Waals surface area contributed by atoms with E-state index in [1.165, 1.54) is 44.5 Å². The van der Waals surface area contributed by atoms with Gasteiger partial charge in [-0.15, -0.1) is 24.8 Å². The molecule has 0 saturated heterocycles. The molecule has 3 heteroatoms. The van der Waals surface area contributed by atoms with E-state index in [0.717, 1.165) is 0 Å². The van der Waals surface area contributed by atoms with Crippen molar-refractivity contribution in [2.45, 2.75) is 35.0 Å². The second-order valence-corrected chi connectivity index (χ2v) is 21.7. The van der Waals surface area contributed by atoms with Gasteiger partial charge in [-0.2, -0.15) is 0 Å². The molecule has 2 atom stereocenters. The molecule has 0 aliphatic heterocycles. The fourth-order valence-corrected chi connectivity index (χ4v) is 18.5. The molecule has 0 N–H and O–H groups in total. The maximum atomic E-state index is 2.55. The van der Waals surface area contributed by atoms with E-state index in [4.69, 9.17) is 0 Å². The van der Waals surface area contributed by atoms with E-state index in [2.05, 4.69) is 137 Å². The number of allylic oxidation sites excluding steroid dienone is 2. The van der Waals surface area contributed by atoms with Crippen LogP contribution in [0, 0.1) is 13.8 Å². The van der Waals surface area contributed by atoms with Crippen LogP contribution in [0.15, 0.2) is 97.1 Å². The van der Waals surface area contributed by atoms with Crippen LogP contribution in [-0.4, -0.2) is 3.26 Å². The largest absolute Gasteiger partial charge is 0.147 e. The van der Waals surface area contributed by atoms with Crippen molar-refractivity contribution in [1.29, 1.82) is 0 Å². The first-order chi connectivity index (χ1) is 17.5. The van der Waals surface area contributed by atoms with E-state index in [-0.39, 0.29) is 24.8 Å². The Balaban J connectivity index is 0.00000168. The standard InChI is InChI=1S/2C16H13.C3H6.2ClH.Hf/c2*1-12-6-2-3-9-14(12)16-11-5-8-13-7-4-10-15(13)16;1-3-2;;;/h2*2-11H,1H3;1-2H3;2*1H;. The van der Waals surface area contributed by atoms with Gasteiger partial charge >= 0.3 is 224 Å². The number of hydrogen-bond donors (Lipinski definition) is 0. The van der Waals surface area contributed by atoms with Crippen molar-refractivity contribution in [3.63, 3.8) is 0 Å². The molecule has 0 bridgehead atoms. The molecule has 0 fully saturated rings. The minimum Gasteiger partial charge on any atom is -0.147 e. The Morgan fingerprint density at radius 3 is 1.32 bits per heavy atom. The van der Waals surface area contributed by atoms with Crippen molar-refractivity contribution in [3.8, 4) is 22.3 Å².